The summed E-state index contributed by atoms with van der Waals surface area (Å²) in [5.41, 5.74) is 4.36. The van der Waals surface area contributed by atoms with Crippen molar-refractivity contribution in [2.45, 2.75) is 13.8 Å². The molecular weight excluding hydrogens is 274 g/mol. The van der Waals surface area contributed by atoms with E-state index in [1.54, 1.807) is 4.90 Å². The molecule has 5 heteroatoms. The van der Waals surface area contributed by atoms with Gasteiger partial charge in [-0.3, -0.25) is 5.01 Å². The predicted octanol–water partition coefficient (Wildman–Crippen LogP) is 0.653. The highest BCUT2D eigenvalue weighted by atomic mass is 15.5. The molecule has 0 saturated carbocycles. The van der Waals surface area contributed by atoms with Gasteiger partial charge in [0, 0.05) is 5.56 Å². The number of likely N-dealkylation sites (N-methyl/N-ethyl adjacent to an activating group) is 1. The molecule has 1 fully saturated rings. The van der Waals surface area contributed by atoms with Crippen LogP contribution in [-0.4, -0.2) is 54.2 Å². The molecule has 0 atom stereocenters. The highest BCUT2D eigenvalue weighted by Crippen LogP contribution is 2.16. The number of hydrazone groups is 1. The Balaban J connectivity index is 1.81. The van der Waals surface area contributed by atoms with Crippen molar-refractivity contribution in [1.29, 1.82) is 0 Å². The second-order valence-electron chi connectivity index (χ2n) is 5.99. The predicted molar refractivity (Wildman–Crippen MR) is 88.8 cm³/mol. The van der Waals surface area contributed by atoms with Crippen molar-refractivity contribution in [3.63, 3.8) is 0 Å². The van der Waals surface area contributed by atoms with Crippen molar-refractivity contribution in [2.75, 3.05) is 33.2 Å². The highest BCUT2D eigenvalue weighted by molar-refractivity contribution is 5.82. The maximum atomic E-state index is 4.66. The molecule has 1 aliphatic rings. The SMILES string of the molecule is Cc1nn(-c2ccccc2)c(C)c1/C=N\N1CC[NH+](C)CC1. The van der Waals surface area contributed by atoms with Crippen LogP contribution in [0.15, 0.2) is 35.4 Å². The fraction of sp³-hybridized carbons (Fsp3) is 0.412. The van der Waals surface area contributed by atoms with Gasteiger partial charge in [0.05, 0.1) is 56.5 Å². The maximum absolute atomic E-state index is 4.66. The first kappa shape index (κ1) is 14.8. The number of benzene rings is 1. The molecule has 1 aromatic carbocycles. The van der Waals surface area contributed by atoms with E-state index in [0.717, 1.165) is 48.8 Å². The quantitative estimate of drug-likeness (QED) is 0.845. The normalized spacial score (nSPS) is 16.6. The largest absolute Gasteiger partial charge is 0.334 e. The third kappa shape index (κ3) is 3.04. The molecule has 5 nitrogen and oxygen atoms in total. The Hall–Kier alpha value is -2.14. The van der Waals surface area contributed by atoms with Gasteiger partial charge in [-0.25, -0.2) is 4.68 Å². The third-order valence-corrected chi connectivity index (χ3v) is 4.29. The molecule has 0 spiro atoms. The summed E-state index contributed by atoms with van der Waals surface area (Å²) < 4.78 is 1.99. The average molecular weight is 298 g/mol. The van der Waals surface area contributed by atoms with Crippen molar-refractivity contribution in [2.24, 2.45) is 5.10 Å². The second-order valence-corrected chi connectivity index (χ2v) is 5.99. The van der Waals surface area contributed by atoms with Gasteiger partial charge in [-0.05, 0) is 26.0 Å². The molecule has 2 heterocycles. The smallest absolute Gasteiger partial charge is 0.0964 e. The molecule has 0 unspecified atom stereocenters. The number of nitrogens with one attached hydrogen (secondary N) is 1. The number of hydrogen-bond acceptors (Lipinski definition) is 3. The highest BCUT2D eigenvalue weighted by Gasteiger charge is 2.15. The topological polar surface area (TPSA) is 37.9 Å². The van der Waals surface area contributed by atoms with Gasteiger partial charge < -0.3 is 4.90 Å². The number of hydrogen-bond donors (Lipinski definition) is 1. The minimum absolute atomic E-state index is 1.02. The minimum atomic E-state index is 1.02. The molecule has 3 rings (SSSR count). The monoisotopic (exact) mass is 298 g/mol. The number of aromatic nitrogens is 2. The molecule has 0 amide bonds. The lowest BCUT2D eigenvalue weighted by molar-refractivity contribution is -0.884. The molecule has 22 heavy (non-hydrogen) atoms. The van der Waals surface area contributed by atoms with Crippen LogP contribution in [0, 0.1) is 13.8 Å². The Bertz CT molecular complexity index is 651. The number of rotatable bonds is 3. The van der Waals surface area contributed by atoms with Crippen molar-refractivity contribution >= 4 is 6.21 Å². The van der Waals surface area contributed by atoms with Crippen LogP contribution in [0.25, 0.3) is 5.69 Å². The number of nitrogens with zero attached hydrogens (tertiary/aromatic N) is 4. The average Bonchev–Trinajstić information content (AvgIpc) is 2.82. The summed E-state index contributed by atoms with van der Waals surface area (Å²) in [6.45, 7) is 8.49. The number of aryl methyl sites for hydroxylation is 1. The number of para-hydroxylation sites is 1. The first-order valence-electron chi connectivity index (χ1n) is 7.87. The van der Waals surface area contributed by atoms with Crippen LogP contribution in [0.1, 0.15) is 17.0 Å². The summed E-state index contributed by atoms with van der Waals surface area (Å²) in [5.74, 6) is 0. The van der Waals surface area contributed by atoms with E-state index >= 15 is 0 Å². The van der Waals surface area contributed by atoms with E-state index in [2.05, 4.69) is 41.3 Å². The van der Waals surface area contributed by atoms with E-state index in [1.807, 2.05) is 36.0 Å². The van der Waals surface area contributed by atoms with E-state index in [0.29, 0.717) is 0 Å². The lowest BCUT2D eigenvalue weighted by Gasteiger charge is -2.27. The first-order valence-corrected chi connectivity index (χ1v) is 7.87. The molecule has 1 saturated heterocycles. The summed E-state index contributed by atoms with van der Waals surface area (Å²) in [7, 11) is 2.24. The summed E-state index contributed by atoms with van der Waals surface area (Å²) in [6.07, 6.45) is 1.97. The molecule has 1 aromatic heterocycles. The van der Waals surface area contributed by atoms with E-state index in [1.165, 1.54) is 0 Å². The Morgan fingerprint density at radius 1 is 1.14 bits per heavy atom. The molecule has 0 aliphatic carbocycles. The minimum Gasteiger partial charge on any atom is -0.334 e. The van der Waals surface area contributed by atoms with Crippen LogP contribution in [0.5, 0.6) is 0 Å². The Kier molecular flexibility index (Phi) is 4.24. The van der Waals surface area contributed by atoms with Gasteiger partial charge in [0.2, 0.25) is 0 Å². The molecule has 1 aliphatic heterocycles. The van der Waals surface area contributed by atoms with Crippen LogP contribution < -0.4 is 4.90 Å². The van der Waals surface area contributed by atoms with Crippen LogP contribution >= 0.6 is 0 Å². The molecular formula is C17H24N5+. The number of quaternary nitrogens is 1. The second kappa shape index (κ2) is 6.32. The number of piperazine rings is 1. The van der Waals surface area contributed by atoms with E-state index in [-0.39, 0.29) is 0 Å². The van der Waals surface area contributed by atoms with Gasteiger partial charge in [-0.2, -0.15) is 10.2 Å². The zero-order valence-corrected chi connectivity index (χ0v) is 13.6. The van der Waals surface area contributed by atoms with Crippen LogP contribution in [0.3, 0.4) is 0 Å². The fourth-order valence-corrected chi connectivity index (χ4v) is 2.79. The van der Waals surface area contributed by atoms with Crippen molar-refractivity contribution in [3.8, 4) is 5.69 Å². The van der Waals surface area contributed by atoms with E-state index in [4.69, 9.17) is 0 Å². The van der Waals surface area contributed by atoms with Gasteiger partial charge >= 0.3 is 0 Å². The van der Waals surface area contributed by atoms with Gasteiger partial charge in [-0.15, -0.1) is 0 Å². The molecule has 1 N–H and O–H groups in total. The van der Waals surface area contributed by atoms with E-state index in [9.17, 15) is 0 Å². The fourth-order valence-electron chi connectivity index (χ4n) is 2.79. The Morgan fingerprint density at radius 2 is 1.82 bits per heavy atom. The first-order chi connectivity index (χ1) is 10.6. The van der Waals surface area contributed by atoms with Gasteiger partial charge in [0.15, 0.2) is 0 Å². The van der Waals surface area contributed by atoms with Crippen molar-refractivity contribution in [3.05, 3.63) is 47.3 Å². The van der Waals surface area contributed by atoms with Gasteiger partial charge in [0.25, 0.3) is 0 Å². The summed E-state index contributed by atoms with van der Waals surface area (Å²) in [5, 5.41) is 11.5. The maximum Gasteiger partial charge on any atom is 0.0964 e. The van der Waals surface area contributed by atoms with Crippen molar-refractivity contribution < 1.29 is 4.90 Å². The molecule has 0 radical (unpaired) electrons. The summed E-state index contributed by atoms with van der Waals surface area (Å²) >= 11 is 0. The zero-order valence-electron chi connectivity index (χ0n) is 13.6. The van der Waals surface area contributed by atoms with Gasteiger partial charge in [0.1, 0.15) is 0 Å². The third-order valence-electron chi connectivity index (χ3n) is 4.29. The summed E-state index contributed by atoms with van der Waals surface area (Å²) in [4.78, 5) is 1.58. The standard InChI is InChI=1S/C17H23N5/c1-14-17(13-18-21-11-9-20(3)10-12-21)15(2)22(19-14)16-7-5-4-6-8-16/h4-8,13H,9-12H2,1-3H3/p+1/b18-13-. The Labute approximate surface area is 131 Å². The Morgan fingerprint density at radius 3 is 2.50 bits per heavy atom. The molecule has 116 valence electrons. The van der Waals surface area contributed by atoms with E-state index < -0.39 is 0 Å². The van der Waals surface area contributed by atoms with Crippen molar-refractivity contribution in [1.82, 2.24) is 14.8 Å². The molecule has 2 aromatic rings. The van der Waals surface area contributed by atoms with Gasteiger partial charge in [-0.1, -0.05) is 18.2 Å². The van der Waals surface area contributed by atoms with Crippen LogP contribution in [0.2, 0.25) is 0 Å². The van der Waals surface area contributed by atoms with Crippen LogP contribution in [-0.2, 0) is 0 Å². The molecule has 0 bridgehead atoms. The summed E-state index contributed by atoms with van der Waals surface area (Å²) in [6, 6.07) is 10.2. The lowest BCUT2D eigenvalue weighted by Crippen LogP contribution is -3.11. The zero-order chi connectivity index (χ0) is 15.5. The lowest BCUT2D eigenvalue weighted by atomic mass is 10.2. The van der Waals surface area contributed by atoms with Crippen LogP contribution in [0.4, 0.5) is 0 Å².